The van der Waals surface area contributed by atoms with Crippen molar-refractivity contribution in [2.45, 2.75) is 39.5 Å². The van der Waals surface area contributed by atoms with Gasteiger partial charge in [0.25, 0.3) is 0 Å². The normalized spacial score (nSPS) is 27.3. The van der Waals surface area contributed by atoms with Gasteiger partial charge < -0.3 is 15.4 Å². The number of rotatable bonds is 4. The Morgan fingerprint density at radius 1 is 1.45 bits per heavy atom. The van der Waals surface area contributed by atoms with E-state index in [0.717, 1.165) is 42.9 Å². The summed E-state index contributed by atoms with van der Waals surface area (Å²) >= 11 is 0. The van der Waals surface area contributed by atoms with Crippen LogP contribution in [0, 0.1) is 18.3 Å². The number of fused-ring (bicyclic) bond motifs is 1. The molecule has 1 saturated heterocycles. The molecule has 4 nitrogen and oxygen atoms in total. The van der Waals surface area contributed by atoms with Crippen molar-refractivity contribution in [3.05, 3.63) is 23.8 Å². The number of anilines is 1. The van der Waals surface area contributed by atoms with Crippen LogP contribution in [0.5, 0.6) is 5.75 Å². The molecule has 0 radical (unpaired) electrons. The highest BCUT2D eigenvalue weighted by atomic mass is 16.5. The molecule has 2 N–H and O–H groups in total. The lowest BCUT2D eigenvalue weighted by Crippen LogP contribution is -2.44. The Kier molecular flexibility index (Phi) is 4.39. The van der Waals surface area contributed by atoms with Gasteiger partial charge in [0, 0.05) is 12.2 Å². The zero-order valence-corrected chi connectivity index (χ0v) is 13.6. The third-order valence-corrected chi connectivity index (χ3v) is 5.25. The predicted octanol–water partition coefficient (Wildman–Crippen LogP) is 3.11. The van der Waals surface area contributed by atoms with Gasteiger partial charge in [-0.15, -0.1) is 0 Å². The molecule has 1 aromatic carbocycles. The van der Waals surface area contributed by atoms with Crippen LogP contribution in [0.2, 0.25) is 0 Å². The molecule has 2 fully saturated rings. The van der Waals surface area contributed by atoms with E-state index in [1.54, 1.807) is 0 Å². The van der Waals surface area contributed by atoms with Gasteiger partial charge in [-0.2, -0.15) is 0 Å². The van der Waals surface area contributed by atoms with E-state index in [1.165, 1.54) is 12.8 Å². The largest absolute Gasteiger partial charge is 0.494 e. The van der Waals surface area contributed by atoms with E-state index in [0.29, 0.717) is 12.5 Å². The third kappa shape index (κ3) is 2.72. The fourth-order valence-corrected chi connectivity index (χ4v) is 3.97. The van der Waals surface area contributed by atoms with E-state index in [2.05, 4.69) is 10.6 Å². The first-order valence-electron chi connectivity index (χ1n) is 8.41. The fourth-order valence-electron chi connectivity index (χ4n) is 3.97. The first-order chi connectivity index (χ1) is 10.7. The van der Waals surface area contributed by atoms with Crippen molar-refractivity contribution in [1.29, 1.82) is 0 Å². The van der Waals surface area contributed by atoms with Crippen LogP contribution in [0.1, 0.15) is 38.2 Å². The summed E-state index contributed by atoms with van der Waals surface area (Å²) in [5.41, 5.74) is 1.75. The van der Waals surface area contributed by atoms with E-state index in [1.807, 2.05) is 32.0 Å². The molecule has 1 amide bonds. The lowest BCUT2D eigenvalue weighted by atomic mass is 9.67. The quantitative estimate of drug-likeness (QED) is 0.898. The molecule has 0 spiro atoms. The van der Waals surface area contributed by atoms with E-state index >= 15 is 0 Å². The third-order valence-electron chi connectivity index (χ3n) is 5.25. The molecule has 22 heavy (non-hydrogen) atoms. The molecule has 0 bridgehead atoms. The lowest BCUT2D eigenvalue weighted by Gasteiger charge is -2.37. The molecule has 0 aromatic heterocycles. The van der Waals surface area contributed by atoms with Gasteiger partial charge in [0.1, 0.15) is 5.75 Å². The topological polar surface area (TPSA) is 50.4 Å². The number of hydrogen-bond donors (Lipinski definition) is 2. The van der Waals surface area contributed by atoms with Crippen molar-refractivity contribution in [2.24, 2.45) is 11.3 Å². The first-order valence-corrected chi connectivity index (χ1v) is 8.41. The van der Waals surface area contributed by atoms with E-state index < -0.39 is 0 Å². The molecule has 1 aliphatic heterocycles. The summed E-state index contributed by atoms with van der Waals surface area (Å²) in [7, 11) is 0. The Hall–Kier alpha value is -1.55. The Labute approximate surface area is 132 Å². The number of carbonyl (C=O) groups is 1. The Morgan fingerprint density at radius 3 is 3.09 bits per heavy atom. The molecule has 0 unspecified atom stereocenters. The summed E-state index contributed by atoms with van der Waals surface area (Å²) in [6, 6.07) is 5.87. The second-order valence-corrected chi connectivity index (χ2v) is 6.59. The second-order valence-electron chi connectivity index (χ2n) is 6.59. The minimum absolute atomic E-state index is 0.189. The maximum Gasteiger partial charge on any atom is 0.232 e. The van der Waals surface area contributed by atoms with Crippen LogP contribution in [-0.2, 0) is 4.79 Å². The van der Waals surface area contributed by atoms with Crippen molar-refractivity contribution < 1.29 is 9.53 Å². The number of benzene rings is 1. The fraction of sp³-hybridized carbons (Fsp3) is 0.611. The van der Waals surface area contributed by atoms with Gasteiger partial charge >= 0.3 is 0 Å². The second kappa shape index (κ2) is 6.29. The number of aryl methyl sites for hydroxylation is 1. The van der Waals surface area contributed by atoms with E-state index in [-0.39, 0.29) is 11.3 Å². The molecule has 120 valence electrons. The molecule has 4 heteroatoms. The van der Waals surface area contributed by atoms with Crippen LogP contribution < -0.4 is 15.4 Å². The van der Waals surface area contributed by atoms with Crippen molar-refractivity contribution >= 4 is 11.6 Å². The van der Waals surface area contributed by atoms with Crippen molar-refractivity contribution in [3.8, 4) is 5.75 Å². The van der Waals surface area contributed by atoms with Gasteiger partial charge in [-0.3, -0.25) is 4.79 Å². The maximum absolute atomic E-state index is 13.0. The first kappa shape index (κ1) is 15.3. The van der Waals surface area contributed by atoms with Gasteiger partial charge in [0.2, 0.25) is 5.91 Å². The summed E-state index contributed by atoms with van der Waals surface area (Å²) in [5.74, 6) is 1.54. The number of nitrogens with one attached hydrogen (secondary N) is 2. The van der Waals surface area contributed by atoms with Gasteiger partial charge in [0.15, 0.2) is 0 Å². The molecule has 1 saturated carbocycles. The molecule has 1 aliphatic carbocycles. The number of hydrogen-bond acceptors (Lipinski definition) is 3. The summed E-state index contributed by atoms with van der Waals surface area (Å²) in [6.45, 7) is 6.44. The predicted molar refractivity (Wildman–Crippen MR) is 88.2 cm³/mol. The van der Waals surface area contributed by atoms with E-state index in [4.69, 9.17) is 4.74 Å². The van der Waals surface area contributed by atoms with Crippen LogP contribution in [0.4, 0.5) is 5.69 Å². The Balaban J connectivity index is 1.76. The van der Waals surface area contributed by atoms with E-state index in [9.17, 15) is 4.79 Å². The highest BCUT2D eigenvalue weighted by molar-refractivity contribution is 5.96. The molecular formula is C18H26N2O2. The average molecular weight is 302 g/mol. The summed E-state index contributed by atoms with van der Waals surface area (Å²) in [6.07, 6.45) is 4.59. The highest BCUT2D eigenvalue weighted by Gasteiger charge is 2.49. The van der Waals surface area contributed by atoms with Crippen LogP contribution in [0.3, 0.4) is 0 Å². The highest BCUT2D eigenvalue weighted by Crippen LogP contribution is 2.44. The van der Waals surface area contributed by atoms with Gasteiger partial charge in [-0.25, -0.2) is 0 Å². The minimum Gasteiger partial charge on any atom is -0.494 e. The molecule has 3 rings (SSSR count). The monoisotopic (exact) mass is 302 g/mol. The summed E-state index contributed by atoms with van der Waals surface area (Å²) < 4.78 is 5.51. The number of ether oxygens (including phenoxy) is 1. The zero-order chi connectivity index (χ0) is 15.6. The number of amides is 1. The van der Waals surface area contributed by atoms with Crippen molar-refractivity contribution in [2.75, 3.05) is 25.0 Å². The molecular weight excluding hydrogens is 276 g/mol. The molecule has 1 heterocycles. The standard InChI is InChI=1S/C18H26N2O2/c1-3-22-15-7-8-16(13(2)10-15)20-17(21)18-9-5-4-6-14(18)11-19-12-18/h7-8,10,14,19H,3-6,9,11-12H2,1-2H3,(H,20,21)/t14-,18+/m0/s1. The van der Waals surface area contributed by atoms with Crippen LogP contribution in [-0.4, -0.2) is 25.6 Å². The van der Waals surface area contributed by atoms with Crippen LogP contribution >= 0.6 is 0 Å². The molecule has 2 atom stereocenters. The van der Waals surface area contributed by atoms with Crippen molar-refractivity contribution in [3.63, 3.8) is 0 Å². The lowest BCUT2D eigenvalue weighted by molar-refractivity contribution is -0.128. The smallest absolute Gasteiger partial charge is 0.232 e. The van der Waals surface area contributed by atoms with Crippen molar-refractivity contribution in [1.82, 2.24) is 5.32 Å². The Bertz CT molecular complexity index is 558. The zero-order valence-electron chi connectivity index (χ0n) is 13.6. The SMILES string of the molecule is CCOc1ccc(NC(=O)[C@@]23CCCC[C@H]2CNC3)c(C)c1. The van der Waals surface area contributed by atoms with Crippen LogP contribution in [0.25, 0.3) is 0 Å². The molecule has 1 aromatic rings. The van der Waals surface area contributed by atoms with Gasteiger partial charge in [-0.05, 0) is 62.9 Å². The maximum atomic E-state index is 13.0. The summed E-state index contributed by atoms with van der Waals surface area (Å²) in [5, 5.41) is 6.61. The Morgan fingerprint density at radius 2 is 2.32 bits per heavy atom. The molecule has 2 aliphatic rings. The number of carbonyl (C=O) groups excluding carboxylic acids is 1. The van der Waals surface area contributed by atoms with Gasteiger partial charge in [-0.1, -0.05) is 12.8 Å². The van der Waals surface area contributed by atoms with Crippen LogP contribution in [0.15, 0.2) is 18.2 Å². The summed E-state index contributed by atoms with van der Waals surface area (Å²) in [4.78, 5) is 13.0. The van der Waals surface area contributed by atoms with Gasteiger partial charge in [0.05, 0.1) is 12.0 Å². The average Bonchev–Trinajstić information content (AvgIpc) is 2.95. The minimum atomic E-state index is -0.205.